The van der Waals surface area contributed by atoms with E-state index in [-0.39, 0.29) is 6.09 Å². The summed E-state index contributed by atoms with van der Waals surface area (Å²) in [5.74, 6) is 2.10. The van der Waals surface area contributed by atoms with Gasteiger partial charge in [0.15, 0.2) is 0 Å². The monoisotopic (exact) mass is 315 g/mol. The van der Waals surface area contributed by atoms with Crippen LogP contribution in [-0.4, -0.2) is 59.2 Å². The van der Waals surface area contributed by atoms with Gasteiger partial charge in [-0.15, -0.1) is 0 Å². The Morgan fingerprint density at radius 3 is 2.78 bits per heavy atom. The largest absolute Gasteiger partial charge is 0.453 e. The highest BCUT2D eigenvalue weighted by molar-refractivity contribution is 5.87. The zero-order valence-corrected chi connectivity index (χ0v) is 13.4. The first-order chi connectivity index (χ1) is 11.2. The Morgan fingerprint density at radius 2 is 2.09 bits per heavy atom. The summed E-state index contributed by atoms with van der Waals surface area (Å²) in [6.45, 7) is 1.62. The van der Waals surface area contributed by atoms with Gasteiger partial charge in [-0.25, -0.2) is 14.8 Å². The summed E-state index contributed by atoms with van der Waals surface area (Å²) in [5.41, 5.74) is 0.872. The number of ether oxygens (including phenoxy) is 1. The highest BCUT2D eigenvalue weighted by Crippen LogP contribution is 2.41. The SMILES string of the molecule is COC(=O)N1CC2CC(N(C)c3ncnc4[nH]ccc34)C[C@H]2C1. The summed E-state index contributed by atoms with van der Waals surface area (Å²) >= 11 is 0. The predicted molar refractivity (Wildman–Crippen MR) is 86.3 cm³/mol. The van der Waals surface area contributed by atoms with Crippen molar-refractivity contribution >= 4 is 22.9 Å². The lowest BCUT2D eigenvalue weighted by molar-refractivity contribution is 0.129. The second kappa shape index (κ2) is 5.40. The van der Waals surface area contributed by atoms with Gasteiger partial charge in [-0.1, -0.05) is 0 Å². The van der Waals surface area contributed by atoms with Crippen LogP contribution in [0.1, 0.15) is 12.8 Å². The molecule has 7 nitrogen and oxygen atoms in total. The fourth-order valence-electron chi connectivity index (χ4n) is 4.18. The summed E-state index contributed by atoms with van der Waals surface area (Å²) in [4.78, 5) is 27.7. The Kier molecular flexibility index (Phi) is 3.36. The number of H-pyrrole nitrogens is 1. The van der Waals surface area contributed by atoms with Crippen LogP contribution in [0, 0.1) is 11.8 Å². The highest BCUT2D eigenvalue weighted by atomic mass is 16.5. The van der Waals surface area contributed by atoms with E-state index in [9.17, 15) is 4.79 Å². The maximum Gasteiger partial charge on any atom is 0.409 e. The van der Waals surface area contributed by atoms with Crippen molar-refractivity contribution in [3.8, 4) is 0 Å². The number of carbonyl (C=O) groups is 1. The molecule has 1 saturated heterocycles. The molecule has 0 radical (unpaired) electrons. The summed E-state index contributed by atoms with van der Waals surface area (Å²) in [6, 6.07) is 2.48. The second-order valence-corrected chi connectivity index (χ2v) is 6.57. The smallest absolute Gasteiger partial charge is 0.409 e. The number of nitrogens with one attached hydrogen (secondary N) is 1. The van der Waals surface area contributed by atoms with E-state index in [0.29, 0.717) is 17.9 Å². The molecule has 2 unspecified atom stereocenters. The molecule has 1 saturated carbocycles. The first-order valence-corrected chi connectivity index (χ1v) is 8.01. The van der Waals surface area contributed by atoms with E-state index in [1.165, 1.54) is 7.11 Å². The van der Waals surface area contributed by atoms with Crippen molar-refractivity contribution in [1.29, 1.82) is 0 Å². The summed E-state index contributed by atoms with van der Waals surface area (Å²) in [6.07, 6.45) is 5.48. The highest BCUT2D eigenvalue weighted by Gasteiger charge is 2.44. The molecular weight excluding hydrogens is 294 g/mol. The van der Waals surface area contributed by atoms with E-state index in [1.807, 2.05) is 17.2 Å². The van der Waals surface area contributed by atoms with Crippen LogP contribution in [-0.2, 0) is 4.74 Å². The number of hydrogen-bond acceptors (Lipinski definition) is 5. The van der Waals surface area contributed by atoms with E-state index in [2.05, 4.69) is 26.9 Å². The van der Waals surface area contributed by atoms with E-state index in [0.717, 1.165) is 42.8 Å². The maximum absolute atomic E-state index is 11.7. The Morgan fingerprint density at radius 1 is 1.35 bits per heavy atom. The number of aromatic nitrogens is 3. The molecule has 0 spiro atoms. The van der Waals surface area contributed by atoms with Crippen molar-refractivity contribution < 1.29 is 9.53 Å². The molecule has 3 atom stereocenters. The van der Waals surface area contributed by atoms with E-state index >= 15 is 0 Å². The number of aromatic amines is 1. The maximum atomic E-state index is 11.7. The average Bonchev–Trinajstić information content (AvgIpc) is 3.26. The number of methoxy groups -OCH3 is 1. The van der Waals surface area contributed by atoms with E-state index in [4.69, 9.17) is 4.74 Å². The van der Waals surface area contributed by atoms with Crippen molar-refractivity contribution in [1.82, 2.24) is 19.9 Å². The average molecular weight is 315 g/mol. The van der Waals surface area contributed by atoms with Gasteiger partial charge in [-0.3, -0.25) is 0 Å². The Hall–Kier alpha value is -2.31. The van der Waals surface area contributed by atoms with Crippen LogP contribution in [0.5, 0.6) is 0 Å². The van der Waals surface area contributed by atoms with Gasteiger partial charge in [0.2, 0.25) is 0 Å². The van der Waals surface area contributed by atoms with Crippen LogP contribution in [0.3, 0.4) is 0 Å². The number of fused-ring (bicyclic) bond motifs is 2. The van der Waals surface area contributed by atoms with E-state index < -0.39 is 0 Å². The molecule has 2 aliphatic rings. The molecular formula is C16H21N5O2. The topological polar surface area (TPSA) is 74.3 Å². The minimum absolute atomic E-state index is 0.200. The molecule has 1 aliphatic carbocycles. The van der Waals surface area contributed by atoms with Crippen molar-refractivity contribution in [2.45, 2.75) is 18.9 Å². The molecule has 0 aromatic carbocycles. The number of rotatable bonds is 2. The van der Waals surface area contributed by atoms with E-state index in [1.54, 1.807) is 6.33 Å². The Labute approximate surface area is 134 Å². The summed E-state index contributed by atoms with van der Waals surface area (Å²) in [7, 11) is 3.56. The van der Waals surface area contributed by atoms with Gasteiger partial charge in [0.05, 0.1) is 12.5 Å². The molecule has 1 N–H and O–H groups in total. The van der Waals surface area contributed by atoms with Crippen molar-refractivity contribution in [3.05, 3.63) is 18.6 Å². The molecule has 1 aliphatic heterocycles. The lowest BCUT2D eigenvalue weighted by Crippen LogP contribution is -2.34. The van der Waals surface area contributed by atoms with Crippen LogP contribution >= 0.6 is 0 Å². The van der Waals surface area contributed by atoms with Gasteiger partial charge in [0.1, 0.15) is 17.8 Å². The zero-order chi connectivity index (χ0) is 16.0. The number of likely N-dealkylation sites (tertiary alicyclic amines) is 1. The third-order valence-electron chi connectivity index (χ3n) is 5.37. The summed E-state index contributed by atoms with van der Waals surface area (Å²) in [5, 5.41) is 1.06. The molecule has 1 amide bonds. The first kappa shape index (κ1) is 14.3. The molecule has 4 rings (SSSR count). The number of amides is 1. The molecule has 7 heteroatoms. The Balaban J connectivity index is 1.49. The number of nitrogens with zero attached hydrogens (tertiary/aromatic N) is 4. The van der Waals surface area contributed by atoms with Gasteiger partial charge in [0, 0.05) is 32.4 Å². The lowest BCUT2D eigenvalue weighted by atomic mass is 10.0. The van der Waals surface area contributed by atoms with Crippen LogP contribution in [0.25, 0.3) is 11.0 Å². The molecule has 3 heterocycles. The van der Waals surface area contributed by atoms with Gasteiger partial charge >= 0.3 is 6.09 Å². The van der Waals surface area contributed by atoms with Gasteiger partial charge < -0.3 is 19.5 Å². The van der Waals surface area contributed by atoms with Crippen molar-refractivity contribution in [2.24, 2.45) is 11.8 Å². The molecule has 122 valence electrons. The second-order valence-electron chi connectivity index (χ2n) is 6.57. The fraction of sp³-hybridized carbons (Fsp3) is 0.562. The molecule has 0 bridgehead atoms. The number of hydrogen-bond donors (Lipinski definition) is 1. The predicted octanol–water partition coefficient (Wildman–Crippen LogP) is 1.87. The molecule has 23 heavy (non-hydrogen) atoms. The number of carbonyl (C=O) groups excluding carboxylic acids is 1. The number of anilines is 1. The minimum atomic E-state index is -0.200. The first-order valence-electron chi connectivity index (χ1n) is 8.01. The fourth-order valence-corrected chi connectivity index (χ4v) is 4.18. The Bertz CT molecular complexity index is 716. The third-order valence-corrected chi connectivity index (χ3v) is 5.37. The van der Waals surface area contributed by atoms with Crippen molar-refractivity contribution in [2.75, 3.05) is 32.1 Å². The third kappa shape index (κ3) is 2.31. The van der Waals surface area contributed by atoms with Gasteiger partial charge in [-0.2, -0.15) is 0 Å². The zero-order valence-electron chi connectivity index (χ0n) is 13.4. The quantitative estimate of drug-likeness (QED) is 0.916. The summed E-state index contributed by atoms with van der Waals surface area (Å²) < 4.78 is 4.84. The molecule has 2 aromatic rings. The molecule has 2 aromatic heterocycles. The lowest BCUT2D eigenvalue weighted by Gasteiger charge is -2.27. The van der Waals surface area contributed by atoms with Gasteiger partial charge in [-0.05, 0) is 30.7 Å². The van der Waals surface area contributed by atoms with Gasteiger partial charge in [0.25, 0.3) is 0 Å². The normalized spacial score (nSPS) is 26.5. The standard InChI is InChI=1S/C16H21N5O2/c1-20(15-13-3-4-17-14(13)18-9-19-15)12-5-10-7-21(16(22)23-2)8-11(10)6-12/h3-4,9-12H,5-8H2,1-2H3,(H,17,18,19)/t10-,11?,12?/m0/s1. The van der Waals surface area contributed by atoms with Crippen LogP contribution in [0.15, 0.2) is 18.6 Å². The van der Waals surface area contributed by atoms with Crippen LogP contribution in [0.2, 0.25) is 0 Å². The van der Waals surface area contributed by atoms with Crippen molar-refractivity contribution in [3.63, 3.8) is 0 Å². The molecule has 2 fully saturated rings. The van der Waals surface area contributed by atoms with Crippen LogP contribution < -0.4 is 4.90 Å². The van der Waals surface area contributed by atoms with Crippen LogP contribution in [0.4, 0.5) is 10.6 Å². The minimum Gasteiger partial charge on any atom is -0.453 e.